The molecule has 1 aliphatic heterocycles. The van der Waals surface area contributed by atoms with E-state index in [0.29, 0.717) is 19.4 Å². The molecular formula is C23H29N3O3S. The third-order valence-corrected chi connectivity index (χ3v) is 7.40. The number of carbonyl (C=O) groups excluding carboxylic acids is 1. The molecule has 0 radical (unpaired) electrons. The van der Waals surface area contributed by atoms with E-state index in [1.807, 2.05) is 27.7 Å². The molecule has 1 aliphatic rings. The van der Waals surface area contributed by atoms with Crippen LogP contribution in [-0.2, 0) is 14.8 Å². The fourth-order valence-electron chi connectivity index (χ4n) is 3.88. The molecule has 7 heteroatoms. The molecule has 30 heavy (non-hydrogen) atoms. The second-order valence-corrected chi connectivity index (χ2v) is 10.00. The third-order valence-electron chi connectivity index (χ3n) is 5.52. The number of hydrogen-bond donors (Lipinski definition) is 1. The molecule has 0 aliphatic carbocycles. The maximum atomic E-state index is 12.9. The molecule has 1 atom stereocenters. The fourth-order valence-corrected chi connectivity index (χ4v) is 5.40. The Bertz CT molecular complexity index is 1040. The molecule has 0 spiro atoms. The van der Waals surface area contributed by atoms with Gasteiger partial charge in [-0.15, -0.1) is 0 Å². The predicted molar refractivity (Wildman–Crippen MR) is 119 cm³/mol. The molecule has 1 amide bonds. The van der Waals surface area contributed by atoms with Crippen LogP contribution in [0.5, 0.6) is 0 Å². The Morgan fingerprint density at radius 3 is 2.33 bits per heavy atom. The Morgan fingerprint density at radius 1 is 1.07 bits per heavy atom. The second-order valence-electron chi connectivity index (χ2n) is 8.06. The molecule has 1 N–H and O–H groups in total. The van der Waals surface area contributed by atoms with Crippen LogP contribution in [0.15, 0.2) is 46.4 Å². The van der Waals surface area contributed by atoms with Crippen LogP contribution in [0.2, 0.25) is 0 Å². The quantitative estimate of drug-likeness (QED) is 0.586. The minimum Gasteiger partial charge on any atom is -0.273 e. The molecule has 1 saturated heterocycles. The first-order valence-electron chi connectivity index (χ1n) is 10.2. The van der Waals surface area contributed by atoms with Crippen LogP contribution in [0, 0.1) is 33.6 Å². The van der Waals surface area contributed by atoms with Gasteiger partial charge in [-0.2, -0.15) is 9.41 Å². The zero-order valence-electron chi connectivity index (χ0n) is 18.0. The Morgan fingerprint density at radius 2 is 1.70 bits per heavy atom. The molecule has 0 unspecified atom stereocenters. The molecule has 1 fully saturated rings. The van der Waals surface area contributed by atoms with Crippen molar-refractivity contribution < 1.29 is 13.2 Å². The lowest BCUT2D eigenvalue weighted by Crippen LogP contribution is -2.44. The number of piperidine rings is 1. The van der Waals surface area contributed by atoms with E-state index in [4.69, 9.17) is 0 Å². The number of amides is 1. The first-order chi connectivity index (χ1) is 14.2. The average molecular weight is 428 g/mol. The van der Waals surface area contributed by atoms with Crippen LogP contribution in [0.25, 0.3) is 0 Å². The highest BCUT2D eigenvalue weighted by Crippen LogP contribution is 2.24. The Balaban J connectivity index is 1.67. The maximum Gasteiger partial charge on any atom is 0.244 e. The summed E-state index contributed by atoms with van der Waals surface area (Å²) in [6.45, 7) is 8.57. The highest BCUT2D eigenvalue weighted by Gasteiger charge is 2.33. The van der Waals surface area contributed by atoms with Gasteiger partial charge in [0, 0.05) is 18.7 Å². The van der Waals surface area contributed by atoms with Gasteiger partial charge in [-0.05, 0) is 63.8 Å². The zero-order chi connectivity index (χ0) is 21.9. The number of rotatable bonds is 5. The summed E-state index contributed by atoms with van der Waals surface area (Å²) in [5.74, 6) is -0.672. The summed E-state index contributed by atoms with van der Waals surface area (Å²) < 4.78 is 27.3. The van der Waals surface area contributed by atoms with Crippen molar-refractivity contribution in [3.05, 3.63) is 64.2 Å². The smallest absolute Gasteiger partial charge is 0.244 e. The first-order valence-corrected chi connectivity index (χ1v) is 11.6. The Hall–Kier alpha value is -2.51. The summed E-state index contributed by atoms with van der Waals surface area (Å²) in [6.07, 6.45) is 2.94. The van der Waals surface area contributed by atoms with Crippen molar-refractivity contribution >= 4 is 22.1 Å². The number of aryl methyl sites for hydroxylation is 4. The van der Waals surface area contributed by atoms with Crippen LogP contribution in [0.1, 0.15) is 40.7 Å². The van der Waals surface area contributed by atoms with E-state index >= 15 is 0 Å². The molecule has 2 aromatic carbocycles. The van der Waals surface area contributed by atoms with Crippen molar-refractivity contribution in [2.24, 2.45) is 11.0 Å². The predicted octanol–water partition coefficient (Wildman–Crippen LogP) is 3.47. The number of sulfonamides is 1. The van der Waals surface area contributed by atoms with Crippen molar-refractivity contribution in [1.29, 1.82) is 0 Å². The molecule has 0 bridgehead atoms. The van der Waals surface area contributed by atoms with E-state index < -0.39 is 15.9 Å². The van der Waals surface area contributed by atoms with Crippen molar-refractivity contribution in [2.75, 3.05) is 13.1 Å². The molecule has 6 nitrogen and oxygen atoms in total. The van der Waals surface area contributed by atoms with Gasteiger partial charge in [0.05, 0.1) is 17.0 Å². The summed E-state index contributed by atoms with van der Waals surface area (Å²) in [5.41, 5.74) is 7.95. The monoisotopic (exact) mass is 427 g/mol. The molecule has 0 aromatic heterocycles. The molecule has 2 aromatic rings. The number of benzene rings is 2. The van der Waals surface area contributed by atoms with Crippen LogP contribution in [0.4, 0.5) is 0 Å². The van der Waals surface area contributed by atoms with E-state index in [1.165, 1.54) is 9.87 Å². The normalized spacial score (nSPS) is 17.9. The van der Waals surface area contributed by atoms with Crippen molar-refractivity contribution in [3.63, 3.8) is 0 Å². The lowest BCUT2D eigenvalue weighted by Gasteiger charge is -2.30. The van der Waals surface area contributed by atoms with Gasteiger partial charge in [0.1, 0.15) is 0 Å². The third kappa shape index (κ3) is 4.96. The summed E-state index contributed by atoms with van der Waals surface area (Å²) in [4.78, 5) is 12.9. The topological polar surface area (TPSA) is 78.8 Å². The molecular weight excluding hydrogens is 398 g/mol. The highest BCUT2D eigenvalue weighted by atomic mass is 32.2. The van der Waals surface area contributed by atoms with Gasteiger partial charge in [0.2, 0.25) is 15.9 Å². The standard InChI is InChI=1S/C23H29N3O3S/c1-16-7-9-21(10-8-16)30(28,29)26-11-5-6-20(15-26)23(27)25-24-14-22-18(3)12-17(2)13-19(22)4/h7-10,12-14,20H,5-6,11,15H2,1-4H3,(H,25,27)/b24-14-/t20-/m1/s1. The maximum absolute atomic E-state index is 12.9. The van der Waals surface area contributed by atoms with Gasteiger partial charge in [-0.25, -0.2) is 13.8 Å². The van der Waals surface area contributed by atoms with Crippen LogP contribution in [-0.4, -0.2) is 37.9 Å². The average Bonchev–Trinajstić information content (AvgIpc) is 2.70. The van der Waals surface area contributed by atoms with E-state index in [-0.39, 0.29) is 17.3 Å². The summed E-state index contributed by atoms with van der Waals surface area (Å²) in [6, 6.07) is 10.9. The van der Waals surface area contributed by atoms with E-state index in [2.05, 4.69) is 22.7 Å². The summed E-state index contributed by atoms with van der Waals surface area (Å²) >= 11 is 0. The van der Waals surface area contributed by atoms with Gasteiger partial charge in [-0.1, -0.05) is 35.4 Å². The number of nitrogens with one attached hydrogen (secondary N) is 1. The van der Waals surface area contributed by atoms with E-state index in [1.54, 1.807) is 30.5 Å². The van der Waals surface area contributed by atoms with Crippen LogP contribution in [0.3, 0.4) is 0 Å². The Kier molecular flexibility index (Phi) is 6.73. The number of hydrazone groups is 1. The summed E-state index contributed by atoms with van der Waals surface area (Å²) in [5, 5.41) is 4.13. The second kappa shape index (κ2) is 9.10. The van der Waals surface area contributed by atoms with Crippen LogP contribution >= 0.6 is 0 Å². The van der Waals surface area contributed by atoms with Crippen molar-refractivity contribution in [1.82, 2.24) is 9.73 Å². The van der Waals surface area contributed by atoms with Gasteiger partial charge in [-0.3, -0.25) is 4.79 Å². The molecule has 3 rings (SSSR count). The minimum absolute atomic E-state index is 0.167. The summed E-state index contributed by atoms with van der Waals surface area (Å²) in [7, 11) is -3.61. The molecule has 0 saturated carbocycles. The van der Waals surface area contributed by atoms with Crippen molar-refractivity contribution in [2.45, 2.75) is 45.4 Å². The van der Waals surface area contributed by atoms with E-state index in [9.17, 15) is 13.2 Å². The number of carbonyl (C=O) groups is 1. The molecule has 1 heterocycles. The van der Waals surface area contributed by atoms with Crippen LogP contribution < -0.4 is 5.43 Å². The Labute approximate surface area is 179 Å². The van der Waals surface area contributed by atoms with Gasteiger partial charge in [0.15, 0.2) is 0 Å². The largest absolute Gasteiger partial charge is 0.273 e. The SMILES string of the molecule is Cc1ccc(S(=O)(=O)N2CCC[C@@H](C(=O)N/N=C\c3c(C)cc(C)cc3C)C2)cc1. The first kappa shape index (κ1) is 22.2. The van der Waals surface area contributed by atoms with E-state index in [0.717, 1.165) is 22.3 Å². The van der Waals surface area contributed by atoms with Gasteiger partial charge in [0.25, 0.3) is 0 Å². The highest BCUT2D eigenvalue weighted by molar-refractivity contribution is 7.89. The lowest BCUT2D eigenvalue weighted by molar-refractivity contribution is -0.126. The zero-order valence-corrected chi connectivity index (χ0v) is 18.8. The number of nitrogens with zero attached hydrogens (tertiary/aromatic N) is 2. The van der Waals surface area contributed by atoms with Gasteiger partial charge < -0.3 is 0 Å². The van der Waals surface area contributed by atoms with Gasteiger partial charge >= 0.3 is 0 Å². The minimum atomic E-state index is -3.61. The molecule has 160 valence electrons. The fraction of sp³-hybridized carbons (Fsp3) is 0.391. The lowest BCUT2D eigenvalue weighted by atomic mass is 9.99. The van der Waals surface area contributed by atoms with Crippen molar-refractivity contribution in [3.8, 4) is 0 Å². The number of hydrogen-bond acceptors (Lipinski definition) is 4.